The summed E-state index contributed by atoms with van der Waals surface area (Å²) in [6.07, 6.45) is 55.5. The molecule has 0 aromatic carbocycles. The van der Waals surface area contributed by atoms with Gasteiger partial charge in [-0.05, 0) is 44.9 Å². The second-order valence-corrected chi connectivity index (χ2v) is 15.5. The van der Waals surface area contributed by atoms with Gasteiger partial charge in [-0.25, -0.2) is 0 Å². The lowest BCUT2D eigenvalue weighted by Crippen LogP contribution is -2.05. The minimum Gasteiger partial charge on any atom is -0.481 e. The Bertz CT molecular complexity index is 702. The van der Waals surface area contributed by atoms with Crippen LogP contribution in [0.3, 0.4) is 0 Å². The smallest absolute Gasteiger partial charge is 0.305 e. The molecule has 0 rings (SSSR count). The summed E-state index contributed by atoms with van der Waals surface area (Å²) < 4.78 is 5.47. The van der Waals surface area contributed by atoms with Crippen LogP contribution in [0.1, 0.15) is 264 Å². The van der Waals surface area contributed by atoms with Gasteiger partial charge >= 0.3 is 11.9 Å². The monoisotopic (exact) mass is 705 g/mol. The number of carbonyl (C=O) groups excluding carboxylic acids is 1. The first-order valence-electron chi connectivity index (χ1n) is 22.7. The summed E-state index contributed by atoms with van der Waals surface area (Å²) in [7, 11) is 0. The highest BCUT2D eigenvalue weighted by Gasteiger charge is 2.03. The fraction of sp³-hybridized carbons (Fsp3) is 0.913. The van der Waals surface area contributed by atoms with Crippen molar-refractivity contribution >= 4 is 11.9 Å². The zero-order valence-corrected chi connectivity index (χ0v) is 33.8. The minimum absolute atomic E-state index is 0.0138. The quantitative estimate of drug-likeness (QED) is 0.0390. The third-order valence-corrected chi connectivity index (χ3v) is 10.4. The Labute approximate surface area is 313 Å². The second kappa shape index (κ2) is 43.8. The number of unbranched alkanes of at least 4 members (excludes halogenated alkanes) is 35. The Balaban J connectivity index is 3.17. The molecular weight excluding hydrogens is 617 g/mol. The fourth-order valence-electron chi connectivity index (χ4n) is 7.04. The summed E-state index contributed by atoms with van der Waals surface area (Å²) in [5.74, 6) is -0.642. The molecule has 0 unspecified atom stereocenters. The van der Waals surface area contributed by atoms with Gasteiger partial charge in [0.05, 0.1) is 6.61 Å². The Kier molecular flexibility index (Phi) is 42.7. The molecule has 0 heterocycles. The van der Waals surface area contributed by atoms with Crippen molar-refractivity contribution in [1.82, 2.24) is 0 Å². The van der Waals surface area contributed by atoms with Gasteiger partial charge in [-0.1, -0.05) is 218 Å². The second-order valence-electron chi connectivity index (χ2n) is 15.5. The first-order chi connectivity index (χ1) is 24.7. The normalized spacial score (nSPS) is 11.5. The van der Waals surface area contributed by atoms with Gasteiger partial charge < -0.3 is 9.84 Å². The number of ether oxygens (including phenoxy) is 1. The van der Waals surface area contributed by atoms with E-state index < -0.39 is 5.97 Å². The zero-order chi connectivity index (χ0) is 36.3. The van der Waals surface area contributed by atoms with Gasteiger partial charge in [0, 0.05) is 12.8 Å². The van der Waals surface area contributed by atoms with Gasteiger partial charge in [-0.15, -0.1) is 0 Å². The molecule has 0 bridgehead atoms. The van der Waals surface area contributed by atoms with Crippen LogP contribution >= 0.6 is 0 Å². The molecule has 296 valence electrons. The van der Waals surface area contributed by atoms with Crippen LogP contribution in [0.25, 0.3) is 0 Å². The Morgan fingerprint density at radius 3 is 1.00 bits per heavy atom. The highest BCUT2D eigenvalue weighted by Crippen LogP contribution is 2.16. The van der Waals surface area contributed by atoms with Crippen molar-refractivity contribution in [3.8, 4) is 0 Å². The third-order valence-electron chi connectivity index (χ3n) is 10.4. The summed E-state index contributed by atoms with van der Waals surface area (Å²) in [6, 6.07) is 0. The van der Waals surface area contributed by atoms with Crippen molar-refractivity contribution in [3.05, 3.63) is 12.2 Å². The molecule has 0 aromatic heterocycles. The maximum Gasteiger partial charge on any atom is 0.305 e. The molecule has 0 aromatic rings. The number of carboxylic acid groups (broad SMARTS) is 1. The average Bonchev–Trinajstić information content (AvgIpc) is 3.11. The Morgan fingerprint density at radius 2 is 0.660 bits per heavy atom. The maximum atomic E-state index is 12.0. The van der Waals surface area contributed by atoms with Gasteiger partial charge in [-0.3, -0.25) is 9.59 Å². The summed E-state index contributed by atoms with van der Waals surface area (Å²) in [5.41, 5.74) is 0. The molecule has 4 heteroatoms. The number of hydrogen-bond donors (Lipinski definition) is 1. The SMILES string of the molecule is CCCCCCCCC=CCCCCCCCCCC(=O)OCCCCCCCCCCCCCCCCCCCCCCCCCC(=O)O. The lowest BCUT2D eigenvalue weighted by atomic mass is 10.0. The molecule has 0 saturated carbocycles. The van der Waals surface area contributed by atoms with Crippen molar-refractivity contribution in [2.24, 2.45) is 0 Å². The van der Waals surface area contributed by atoms with Crippen molar-refractivity contribution < 1.29 is 19.4 Å². The van der Waals surface area contributed by atoms with Crippen LogP contribution in [0.4, 0.5) is 0 Å². The van der Waals surface area contributed by atoms with Crippen molar-refractivity contribution in [3.63, 3.8) is 0 Å². The van der Waals surface area contributed by atoms with Crippen LogP contribution in [0.2, 0.25) is 0 Å². The number of esters is 1. The van der Waals surface area contributed by atoms with Crippen LogP contribution in [0.5, 0.6) is 0 Å². The molecule has 4 nitrogen and oxygen atoms in total. The van der Waals surface area contributed by atoms with Crippen LogP contribution in [0.15, 0.2) is 12.2 Å². The number of carbonyl (C=O) groups is 2. The molecular formula is C46H88O4. The van der Waals surface area contributed by atoms with Gasteiger partial charge in [-0.2, -0.15) is 0 Å². The van der Waals surface area contributed by atoms with E-state index in [0.717, 1.165) is 32.1 Å². The van der Waals surface area contributed by atoms with Gasteiger partial charge in [0.1, 0.15) is 0 Å². The summed E-state index contributed by atoms with van der Waals surface area (Å²) >= 11 is 0. The molecule has 1 N–H and O–H groups in total. The zero-order valence-electron chi connectivity index (χ0n) is 33.8. The van der Waals surface area contributed by atoms with E-state index in [1.54, 1.807) is 0 Å². The first-order valence-corrected chi connectivity index (χ1v) is 22.7. The Morgan fingerprint density at radius 1 is 0.380 bits per heavy atom. The number of hydrogen-bond acceptors (Lipinski definition) is 3. The van der Waals surface area contributed by atoms with E-state index in [-0.39, 0.29) is 5.97 Å². The molecule has 0 radical (unpaired) electrons. The molecule has 50 heavy (non-hydrogen) atoms. The van der Waals surface area contributed by atoms with Crippen LogP contribution in [-0.2, 0) is 14.3 Å². The highest BCUT2D eigenvalue weighted by atomic mass is 16.5. The topological polar surface area (TPSA) is 63.6 Å². The van der Waals surface area contributed by atoms with Crippen molar-refractivity contribution in [1.29, 1.82) is 0 Å². The lowest BCUT2D eigenvalue weighted by Gasteiger charge is -2.06. The number of carboxylic acids is 1. The van der Waals surface area contributed by atoms with E-state index in [1.807, 2.05) is 0 Å². The molecule has 0 fully saturated rings. The molecule has 0 saturated heterocycles. The van der Waals surface area contributed by atoms with Crippen molar-refractivity contribution in [2.75, 3.05) is 6.61 Å². The largest absolute Gasteiger partial charge is 0.481 e. The third kappa shape index (κ3) is 44.7. The number of allylic oxidation sites excluding steroid dienone is 2. The van der Waals surface area contributed by atoms with Gasteiger partial charge in [0.2, 0.25) is 0 Å². The molecule has 0 aliphatic heterocycles. The van der Waals surface area contributed by atoms with Gasteiger partial charge in [0.25, 0.3) is 0 Å². The fourth-order valence-corrected chi connectivity index (χ4v) is 7.04. The molecule has 0 aliphatic rings. The standard InChI is InChI=1S/C46H88O4/c1-2-3-4-5-6-7-8-9-10-18-22-25-28-31-34-37-40-43-46(49)50-44-41-38-35-32-29-26-23-20-17-15-13-11-12-14-16-19-21-24-27-30-33-36-39-42-45(47)48/h9-10H,2-8,11-44H2,1H3,(H,47,48). The van der Waals surface area contributed by atoms with E-state index in [1.165, 1.54) is 212 Å². The van der Waals surface area contributed by atoms with E-state index in [0.29, 0.717) is 19.4 Å². The molecule has 0 spiro atoms. The summed E-state index contributed by atoms with van der Waals surface area (Å²) in [5, 5.41) is 8.65. The predicted octanol–water partition coefficient (Wildman–Crippen LogP) is 15.8. The highest BCUT2D eigenvalue weighted by molar-refractivity contribution is 5.69. The van der Waals surface area contributed by atoms with Crippen molar-refractivity contribution in [2.45, 2.75) is 264 Å². The predicted molar refractivity (Wildman–Crippen MR) is 218 cm³/mol. The van der Waals surface area contributed by atoms with E-state index in [2.05, 4.69) is 19.1 Å². The Hall–Kier alpha value is -1.32. The molecule has 0 amide bonds. The van der Waals surface area contributed by atoms with Crippen LogP contribution in [0, 0.1) is 0 Å². The van der Waals surface area contributed by atoms with E-state index >= 15 is 0 Å². The number of rotatable bonds is 43. The lowest BCUT2D eigenvalue weighted by molar-refractivity contribution is -0.144. The van der Waals surface area contributed by atoms with Gasteiger partial charge in [0.15, 0.2) is 0 Å². The van der Waals surface area contributed by atoms with Crippen LogP contribution < -0.4 is 0 Å². The minimum atomic E-state index is -0.656. The number of aliphatic carboxylic acids is 1. The molecule has 0 aliphatic carbocycles. The summed E-state index contributed by atoms with van der Waals surface area (Å²) in [4.78, 5) is 22.5. The van der Waals surface area contributed by atoms with E-state index in [9.17, 15) is 9.59 Å². The van der Waals surface area contributed by atoms with E-state index in [4.69, 9.17) is 9.84 Å². The molecule has 0 atom stereocenters. The van der Waals surface area contributed by atoms with Crippen LogP contribution in [-0.4, -0.2) is 23.7 Å². The average molecular weight is 705 g/mol. The summed E-state index contributed by atoms with van der Waals surface area (Å²) in [6.45, 7) is 2.90. The first kappa shape index (κ1) is 48.7. The maximum absolute atomic E-state index is 12.0.